The minimum absolute atomic E-state index is 0.262. The van der Waals surface area contributed by atoms with Gasteiger partial charge in [-0.05, 0) is 40.2 Å². The molecule has 0 aliphatic carbocycles. The summed E-state index contributed by atoms with van der Waals surface area (Å²) in [5.41, 5.74) is 5.70. The van der Waals surface area contributed by atoms with Crippen molar-refractivity contribution in [3.8, 4) is 0 Å². The van der Waals surface area contributed by atoms with Crippen LogP contribution < -0.4 is 5.73 Å². The molecule has 2 nitrogen and oxygen atoms in total. The summed E-state index contributed by atoms with van der Waals surface area (Å²) in [4.78, 5) is 1.31. The van der Waals surface area contributed by atoms with Crippen LogP contribution in [0.1, 0.15) is 16.5 Å². The van der Waals surface area contributed by atoms with Gasteiger partial charge in [0, 0.05) is 18.0 Å². The van der Waals surface area contributed by atoms with E-state index in [2.05, 4.69) is 28.1 Å². The molecule has 1 aromatic heterocycles. The third-order valence-electron chi connectivity index (χ3n) is 1.75. The lowest BCUT2D eigenvalue weighted by molar-refractivity contribution is 0.296. The molecule has 1 rings (SSSR count). The lowest BCUT2D eigenvalue weighted by Gasteiger charge is -2.11. The van der Waals surface area contributed by atoms with E-state index in [0.29, 0.717) is 11.8 Å². The maximum absolute atomic E-state index is 8.68. The van der Waals surface area contributed by atoms with Gasteiger partial charge in [-0.15, -0.1) is 11.3 Å². The highest BCUT2D eigenvalue weighted by Crippen LogP contribution is 2.34. The second kappa shape index (κ2) is 6.85. The Balaban J connectivity index is 2.45. The number of hydrogen-bond acceptors (Lipinski definition) is 4. The Bertz CT molecular complexity index is 267. The summed E-state index contributed by atoms with van der Waals surface area (Å²) in [7, 11) is 0. The van der Waals surface area contributed by atoms with Crippen LogP contribution in [0.15, 0.2) is 15.9 Å². The van der Waals surface area contributed by atoms with E-state index in [1.165, 1.54) is 4.88 Å². The summed E-state index contributed by atoms with van der Waals surface area (Å²) in [6, 6.07) is 4.16. The van der Waals surface area contributed by atoms with E-state index in [-0.39, 0.29) is 6.61 Å². The van der Waals surface area contributed by atoms with Crippen LogP contribution in [0.2, 0.25) is 0 Å². The maximum Gasteiger partial charge on any atom is 0.0701 e. The Morgan fingerprint density at radius 3 is 2.86 bits per heavy atom. The van der Waals surface area contributed by atoms with E-state index >= 15 is 0 Å². The highest BCUT2D eigenvalue weighted by molar-refractivity contribution is 9.11. The van der Waals surface area contributed by atoms with Crippen LogP contribution in [0.25, 0.3) is 0 Å². The van der Waals surface area contributed by atoms with Gasteiger partial charge in [-0.1, -0.05) is 0 Å². The molecule has 0 spiro atoms. The summed E-state index contributed by atoms with van der Waals surface area (Å²) >= 11 is 6.99. The molecular formula is C9H14BrNOS2. The smallest absolute Gasteiger partial charge is 0.0701 e. The van der Waals surface area contributed by atoms with E-state index in [4.69, 9.17) is 10.8 Å². The molecule has 0 fully saturated rings. The van der Waals surface area contributed by atoms with Gasteiger partial charge >= 0.3 is 0 Å². The number of halogens is 1. The predicted octanol–water partition coefficient (Wildman–Crippen LogP) is 2.63. The maximum atomic E-state index is 8.68. The van der Waals surface area contributed by atoms with Gasteiger partial charge in [-0.25, -0.2) is 0 Å². The summed E-state index contributed by atoms with van der Waals surface area (Å²) in [6.07, 6.45) is 0.841. The normalized spacial score (nSPS) is 13.1. The highest BCUT2D eigenvalue weighted by Gasteiger charge is 2.11. The van der Waals surface area contributed by atoms with Gasteiger partial charge < -0.3 is 10.8 Å². The number of rotatable bonds is 6. The van der Waals surface area contributed by atoms with Crippen LogP contribution in [0.4, 0.5) is 0 Å². The molecule has 0 aliphatic heterocycles. The molecule has 5 heteroatoms. The molecule has 1 atom stereocenters. The predicted molar refractivity (Wildman–Crippen MR) is 68.0 cm³/mol. The summed E-state index contributed by atoms with van der Waals surface area (Å²) in [5.74, 6) is 0.966. The molecule has 0 saturated heterocycles. The highest BCUT2D eigenvalue weighted by atomic mass is 79.9. The zero-order chi connectivity index (χ0) is 10.4. The van der Waals surface area contributed by atoms with Gasteiger partial charge in [0.25, 0.3) is 0 Å². The second-order valence-corrected chi connectivity index (χ2v) is 6.62. The van der Waals surface area contributed by atoms with E-state index in [0.717, 1.165) is 16.0 Å². The molecule has 0 amide bonds. The van der Waals surface area contributed by atoms with E-state index < -0.39 is 0 Å². The molecule has 80 valence electrons. The Morgan fingerprint density at radius 2 is 2.36 bits per heavy atom. The van der Waals surface area contributed by atoms with Crippen LogP contribution >= 0.6 is 39.0 Å². The SMILES string of the molecule is NCC(SCCCO)c1ccc(Br)s1. The lowest BCUT2D eigenvalue weighted by atomic mass is 10.3. The fourth-order valence-corrected chi connectivity index (χ4v) is 3.78. The number of thioether (sulfide) groups is 1. The van der Waals surface area contributed by atoms with Crippen molar-refractivity contribution in [1.29, 1.82) is 0 Å². The van der Waals surface area contributed by atoms with Crippen molar-refractivity contribution in [1.82, 2.24) is 0 Å². The molecule has 1 heterocycles. The van der Waals surface area contributed by atoms with Crippen LogP contribution in [-0.2, 0) is 0 Å². The van der Waals surface area contributed by atoms with Crippen molar-refractivity contribution in [2.24, 2.45) is 5.73 Å². The van der Waals surface area contributed by atoms with Crippen LogP contribution in [0.5, 0.6) is 0 Å². The van der Waals surface area contributed by atoms with Gasteiger partial charge in [-0.2, -0.15) is 11.8 Å². The average molecular weight is 296 g/mol. The number of aliphatic hydroxyl groups is 1. The Kier molecular flexibility index (Phi) is 6.12. The van der Waals surface area contributed by atoms with Gasteiger partial charge in [-0.3, -0.25) is 0 Å². The molecule has 0 aliphatic rings. The Morgan fingerprint density at radius 1 is 1.57 bits per heavy atom. The van der Waals surface area contributed by atoms with Crippen LogP contribution in [0.3, 0.4) is 0 Å². The minimum atomic E-state index is 0.262. The van der Waals surface area contributed by atoms with E-state index in [1.54, 1.807) is 11.3 Å². The van der Waals surface area contributed by atoms with Gasteiger partial charge in [0.2, 0.25) is 0 Å². The third kappa shape index (κ3) is 3.90. The number of nitrogens with two attached hydrogens (primary N) is 1. The van der Waals surface area contributed by atoms with Crippen LogP contribution in [-0.4, -0.2) is 24.0 Å². The third-order valence-corrected chi connectivity index (χ3v) is 5.01. The molecule has 1 unspecified atom stereocenters. The topological polar surface area (TPSA) is 46.2 Å². The second-order valence-electron chi connectivity index (χ2n) is 2.81. The van der Waals surface area contributed by atoms with Crippen molar-refractivity contribution in [2.75, 3.05) is 18.9 Å². The van der Waals surface area contributed by atoms with Gasteiger partial charge in [0.1, 0.15) is 0 Å². The van der Waals surface area contributed by atoms with Crippen molar-refractivity contribution in [3.63, 3.8) is 0 Å². The van der Waals surface area contributed by atoms with Crippen molar-refractivity contribution in [2.45, 2.75) is 11.7 Å². The largest absolute Gasteiger partial charge is 0.396 e. The van der Waals surface area contributed by atoms with Crippen molar-refractivity contribution >= 4 is 39.0 Å². The molecule has 1 aromatic rings. The minimum Gasteiger partial charge on any atom is -0.396 e. The first-order chi connectivity index (χ1) is 6.77. The van der Waals surface area contributed by atoms with Gasteiger partial charge in [0.05, 0.1) is 9.04 Å². The molecule has 0 bridgehead atoms. The molecule has 3 N–H and O–H groups in total. The monoisotopic (exact) mass is 295 g/mol. The summed E-state index contributed by atoms with van der Waals surface area (Å²) < 4.78 is 1.15. The van der Waals surface area contributed by atoms with Crippen molar-refractivity contribution < 1.29 is 5.11 Å². The molecule has 14 heavy (non-hydrogen) atoms. The molecule has 0 aromatic carbocycles. The fraction of sp³-hybridized carbons (Fsp3) is 0.556. The Hall–Kier alpha value is 0.450. The molecule has 0 radical (unpaired) electrons. The van der Waals surface area contributed by atoms with Gasteiger partial charge in [0.15, 0.2) is 0 Å². The summed E-state index contributed by atoms with van der Waals surface area (Å²) in [6.45, 7) is 0.918. The standard InChI is InChI=1S/C9H14BrNOS2/c10-9-3-2-7(14-9)8(6-11)13-5-1-4-12/h2-3,8,12H,1,4-6,11H2. The quantitative estimate of drug-likeness (QED) is 0.793. The lowest BCUT2D eigenvalue weighted by Crippen LogP contribution is -2.08. The zero-order valence-corrected chi connectivity index (χ0v) is 11.0. The molecule has 0 saturated carbocycles. The molecular weight excluding hydrogens is 282 g/mol. The number of thiophene rings is 1. The summed E-state index contributed by atoms with van der Waals surface area (Å²) in [5, 5.41) is 9.05. The first-order valence-corrected chi connectivity index (χ1v) is 7.11. The number of hydrogen-bond donors (Lipinski definition) is 2. The van der Waals surface area contributed by atoms with Crippen LogP contribution in [0, 0.1) is 0 Å². The first kappa shape index (κ1) is 12.5. The average Bonchev–Trinajstić information content (AvgIpc) is 2.60. The zero-order valence-electron chi connectivity index (χ0n) is 7.78. The Labute approximate surface area is 101 Å². The van der Waals surface area contributed by atoms with E-state index in [1.807, 2.05) is 11.8 Å². The van der Waals surface area contributed by atoms with E-state index in [9.17, 15) is 0 Å². The van der Waals surface area contributed by atoms with Crippen molar-refractivity contribution in [3.05, 3.63) is 20.8 Å². The fourth-order valence-electron chi connectivity index (χ4n) is 1.06. The first-order valence-electron chi connectivity index (χ1n) is 4.45. The number of aliphatic hydroxyl groups excluding tert-OH is 1.